The number of carbonyl (C=O) groups is 2. The van der Waals surface area contributed by atoms with Gasteiger partial charge in [0.25, 0.3) is 5.91 Å². The van der Waals surface area contributed by atoms with Crippen molar-refractivity contribution in [3.8, 4) is 10.8 Å². The van der Waals surface area contributed by atoms with Gasteiger partial charge in [-0.15, -0.1) is 0 Å². The molecular weight excluding hydrogens is 431 g/mol. The monoisotopic (exact) mass is 454 g/mol. The number of halogens is 1. The summed E-state index contributed by atoms with van der Waals surface area (Å²) >= 11 is 1.30. The van der Waals surface area contributed by atoms with E-state index in [-0.39, 0.29) is 23.7 Å². The minimum Gasteiger partial charge on any atom is -0.328 e. The largest absolute Gasteiger partial charge is 0.328 e. The van der Waals surface area contributed by atoms with E-state index in [1.807, 2.05) is 13.8 Å². The first kappa shape index (κ1) is 20.7. The number of fused-ring (bicyclic) bond motifs is 1. The lowest BCUT2D eigenvalue weighted by Gasteiger charge is -2.36. The molecule has 2 aromatic heterocycles. The number of rotatable bonds is 4. The number of hydrogen-bond donors (Lipinski definition) is 0. The Labute approximate surface area is 188 Å². The van der Waals surface area contributed by atoms with Gasteiger partial charge < -0.3 is 9.47 Å². The Balaban J connectivity index is 1.57. The van der Waals surface area contributed by atoms with Crippen molar-refractivity contribution in [1.29, 1.82) is 0 Å². The zero-order valence-corrected chi connectivity index (χ0v) is 18.7. The van der Waals surface area contributed by atoms with Gasteiger partial charge in [0.05, 0.1) is 11.7 Å². The Hall–Kier alpha value is -3.14. The first-order chi connectivity index (χ1) is 15.5. The van der Waals surface area contributed by atoms with E-state index < -0.39 is 0 Å². The molecule has 4 heterocycles. The fraction of sp³-hybridized carbons (Fsp3) is 0.409. The molecule has 0 spiro atoms. The molecule has 8 nitrogen and oxygen atoms in total. The van der Waals surface area contributed by atoms with Crippen LogP contribution in [0.15, 0.2) is 24.3 Å². The van der Waals surface area contributed by atoms with Crippen molar-refractivity contribution < 1.29 is 14.0 Å². The molecule has 166 valence electrons. The number of aryl methyl sites for hydroxylation is 1. The van der Waals surface area contributed by atoms with E-state index in [2.05, 4.69) is 13.9 Å². The van der Waals surface area contributed by atoms with Crippen molar-refractivity contribution in [2.24, 2.45) is 0 Å². The van der Waals surface area contributed by atoms with E-state index in [0.29, 0.717) is 48.3 Å². The fourth-order valence-corrected chi connectivity index (χ4v) is 5.14. The lowest BCUT2D eigenvalue weighted by molar-refractivity contribution is -0.117. The molecule has 2 aliphatic rings. The maximum atomic E-state index is 13.3. The smallest absolute Gasteiger partial charge is 0.254 e. The number of imidazole rings is 1. The van der Waals surface area contributed by atoms with E-state index in [1.165, 1.54) is 35.8 Å². The van der Waals surface area contributed by atoms with Crippen LogP contribution in [0.5, 0.6) is 0 Å². The minimum atomic E-state index is -0.380. The molecule has 1 atom stereocenters. The number of hydrogen-bond acceptors (Lipinski definition) is 6. The Morgan fingerprint density at radius 1 is 1.19 bits per heavy atom. The SMILES string of the molecule is CCc1nsc(-c2nc(N3CCCC3=O)c3n2CCN(C(=O)c2ccc(F)cc2)[C@H]3C)n1. The van der Waals surface area contributed by atoms with Gasteiger partial charge in [-0.2, -0.15) is 4.37 Å². The first-order valence-electron chi connectivity index (χ1n) is 10.8. The van der Waals surface area contributed by atoms with Gasteiger partial charge in [0.2, 0.25) is 5.91 Å². The van der Waals surface area contributed by atoms with Gasteiger partial charge in [0.1, 0.15) is 11.6 Å². The molecule has 5 rings (SSSR count). The quantitative estimate of drug-likeness (QED) is 0.603. The van der Waals surface area contributed by atoms with Gasteiger partial charge in [-0.25, -0.2) is 14.4 Å². The van der Waals surface area contributed by atoms with Crippen LogP contribution in [0.1, 0.15) is 54.6 Å². The van der Waals surface area contributed by atoms with E-state index in [9.17, 15) is 14.0 Å². The van der Waals surface area contributed by atoms with Crippen LogP contribution < -0.4 is 4.90 Å². The molecule has 3 aromatic rings. The van der Waals surface area contributed by atoms with Gasteiger partial charge in [0, 0.05) is 38.0 Å². The van der Waals surface area contributed by atoms with Crippen molar-refractivity contribution in [3.05, 3.63) is 47.2 Å². The van der Waals surface area contributed by atoms with E-state index >= 15 is 0 Å². The standard InChI is InChI=1S/C22H23FN6O2S/c1-3-16-24-21(32-26-16)20-25-19(28-10-4-5-17(28)30)18-13(2)27(11-12-29(18)20)22(31)14-6-8-15(23)9-7-14/h6-9,13H,3-5,10-12H2,1-2H3/t13-/m0/s1. The molecule has 1 fully saturated rings. The molecule has 2 amide bonds. The summed E-state index contributed by atoms with van der Waals surface area (Å²) in [6, 6.07) is 5.27. The third-order valence-electron chi connectivity index (χ3n) is 6.07. The molecule has 32 heavy (non-hydrogen) atoms. The number of carbonyl (C=O) groups excluding carboxylic acids is 2. The average molecular weight is 455 g/mol. The predicted molar refractivity (Wildman–Crippen MR) is 118 cm³/mol. The van der Waals surface area contributed by atoms with Gasteiger partial charge in [-0.1, -0.05) is 6.92 Å². The maximum absolute atomic E-state index is 13.3. The minimum absolute atomic E-state index is 0.0399. The Bertz CT molecular complexity index is 1190. The second-order valence-corrected chi connectivity index (χ2v) is 8.75. The summed E-state index contributed by atoms with van der Waals surface area (Å²) in [7, 11) is 0. The van der Waals surface area contributed by atoms with Crippen molar-refractivity contribution in [2.45, 2.75) is 45.7 Å². The maximum Gasteiger partial charge on any atom is 0.254 e. The Morgan fingerprint density at radius 3 is 2.62 bits per heavy atom. The van der Waals surface area contributed by atoms with Crippen molar-refractivity contribution in [1.82, 2.24) is 23.8 Å². The van der Waals surface area contributed by atoms with Crippen LogP contribution in [0.25, 0.3) is 10.8 Å². The van der Waals surface area contributed by atoms with Gasteiger partial charge in [-0.3, -0.25) is 14.5 Å². The molecule has 0 N–H and O–H groups in total. The van der Waals surface area contributed by atoms with Crippen LogP contribution >= 0.6 is 11.5 Å². The molecule has 10 heteroatoms. The van der Waals surface area contributed by atoms with Crippen LogP contribution in [-0.4, -0.2) is 48.7 Å². The molecular formula is C22H23FN6O2S. The second kappa shape index (κ2) is 8.09. The van der Waals surface area contributed by atoms with Crippen LogP contribution in [0.3, 0.4) is 0 Å². The summed E-state index contributed by atoms with van der Waals surface area (Å²) in [6.45, 7) is 5.55. The third kappa shape index (κ3) is 3.38. The topological polar surface area (TPSA) is 84.2 Å². The fourth-order valence-electron chi connectivity index (χ4n) is 4.40. The predicted octanol–water partition coefficient (Wildman–Crippen LogP) is 3.45. The molecule has 2 aliphatic heterocycles. The summed E-state index contributed by atoms with van der Waals surface area (Å²) in [5.41, 5.74) is 1.26. The number of nitrogens with zero attached hydrogens (tertiary/aromatic N) is 6. The van der Waals surface area contributed by atoms with E-state index in [0.717, 1.165) is 24.4 Å². The molecule has 1 saturated heterocycles. The summed E-state index contributed by atoms with van der Waals surface area (Å²) in [5, 5.41) is 0.714. The van der Waals surface area contributed by atoms with Crippen molar-refractivity contribution in [3.63, 3.8) is 0 Å². The molecule has 0 aliphatic carbocycles. The number of benzene rings is 1. The summed E-state index contributed by atoms with van der Waals surface area (Å²) in [5.74, 6) is 1.53. The Morgan fingerprint density at radius 2 is 1.97 bits per heavy atom. The van der Waals surface area contributed by atoms with Crippen molar-refractivity contribution in [2.75, 3.05) is 18.0 Å². The normalized spacial score (nSPS) is 18.3. The van der Waals surface area contributed by atoms with Gasteiger partial charge in [0.15, 0.2) is 16.6 Å². The molecule has 0 radical (unpaired) electrons. The van der Waals surface area contributed by atoms with E-state index in [1.54, 1.807) is 9.80 Å². The number of aromatic nitrogens is 4. The zero-order chi connectivity index (χ0) is 22.4. The molecule has 0 unspecified atom stereocenters. The molecule has 0 bridgehead atoms. The van der Waals surface area contributed by atoms with Crippen LogP contribution in [-0.2, 0) is 17.8 Å². The molecule has 1 aromatic carbocycles. The Kier molecular flexibility index (Phi) is 5.24. The van der Waals surface area contributed by atoms with Crippen LogP contribution in [0.2, 0.25) is 0 Å². The highest BCUT2D eigenvalue weighted by molar-refractivity contribution is 7.09. The molecule has 0 saturated carbocycles. The number of anilines is 1. The number of amides is 2. The van der Waals surface area contributed by atoms with Crippen LogP contribution in [0.4, 0.5) is 10.2 Å². The van der Waals surface area contributed by atoms with Crippen molar-refractivity contribution >= 4 is 29.2 Å². The highest BCUT2D eigenvalue weighted by Gasteiger charge is 2.38. The second-order valence-electron chi connectivity index (χ2n) is 8.00. The van der Waals surface area contributed by atoms with Gasteiger partial charge >= 0.3 is 0 Å². The average Bonchev–Trinajstić information content (AvgIpc) is 3.52. The van der Waals surface area contributed by atoms with E-state index in [4.69, 9.17) is 4.98 Å². The third-order valence-corrected chi connectivity index (χ3v) is 6.82. The summed E-state index contributed by atoms with van der Waals surface area (Å²) in [4.78, 5) is 38.7. The highest BCUT2D eigenvalue weighted by atomic mass is 32.1. The lowest BCUT2D eigenvalue weighted by atomic mass is 10.1. The van der Waals surface area contributed by atoms with Gasteiger partial charge in [-0.05, 0) is 49.1 Å². The zero-order valence-electron chi connectivity index (χ0n) is 17.9. The van der Waals surface area contributed by atoms with Crippen LogP contribution in [0, 0.1) is 5.82 Å². The summed E-state index contributed by atoms with van der Waals surface area (Å²) < 4.78 is 19.8. The summed E-state index contributed by atoms with van der Waals surface area (Å²) in [6.07, 6.45) is 2.01. The highest BCUT2D eigenvalue weighted by Crippen LogP contribution is 2.39. The lowest BCUT2D eigenvalue weighted by Crippen LogP contribution is -2.42. The first-order valence-corrected chi connectivity index (χ1v) is 11.6.